The van der Waals surface area contributed by atoms with E-state index in [9.17, 15) is 9.50 Å². The summed E-state index contributed by atoms with van der Waals surface area (Å²) in [6.07, 6.45) is 2.79. The number of nitrogens with two attached hydrogens (primary N) is 1. The number of nitrogens with one attached hydrogen (secondary N) is 1. The van der Waals surface area contributed by atoms with Crippen LogP contribution in [0.1, 0.15) is 6.92 Å². The lowest BCUT2D eigenvalue weighted by Crippen LogP contribution is -2.11. The van der Waals surface area contributed by atoms with E-state index in [2.05, 4.69) is 20.3 Å². The standard InChI is InChI=1S/C16H15FN6O/c1-8(24)6-23-7-11-15(22-23)10-4-12(17)9(13-2-3-19-21-13)5-14(10)20-16(11)18/h2-5,7-8,24H,6H2,1H3,(H2,18,20)(H,19,21)/t8-/m0/s1. The summed E-state index contributed by atoms with van der Waals surface area (Å²) in [5.41, 5.74) is 7.98. The number of aliphatic hydroxyl groups excluding tert-OH is 1. The molecule has 3 aromatic heterocycles. The molecule has 0 unspecified atom stereocenters. The van der Waals surface area contributed by atoms with Gasteiger partial charge in [0, 0.05) is 23.3 Å². The minimum atomic E-state index is -0.553. The van der Waals surface area contributed by atoms with Crippen molar-refractivity contribution in [2.75, 3.05) is 5.73 Å². The molecule has 0 saturated carbocycles. The van der Waals surface area contributed by atoms with Gasteiger partial charge in [-0.05, 0) is 25.1 Å². The van der Waals surface area contributed by atoms with Gasteiger partial charge in [0.1, 0.15) is 17.2 Å². The van der Waals surface area contributed by atoms with Gasteiger partial charge in [0.05, 0.1) is 29.2 Å². The number of aromatic nitrogens is 5. The van der Waals surface area contributed by atoms with Crippen LogP contribution in [0.5, 0.6) is 0 Å². The van der Waals surface area contributed by atoms with Gasteiger partial charge in [-0.3, -0.25) is 9.78 Å². The van der Waals surface area contributed by atoms with E-state index in [4.69, 9.17) is 5.73 Å². The number of nitrogen functional groups attached to an aromatic ring is 1. The van der Waals surface area contributed by atoms with Gasteiger partial charge in [-0.1, -0.05) is 0 Å². The van der Waals surface area contributed by atoms with Crippen molar-refractivity contribution >= 4 is 27.6 Å². The van der Waals surface area contributed by atoms with Gasteiger partial charge < -0.3 is 10.8 Å². The van der Waals surface area contributed by atoms with Gasteiger partial charge in [0.15, 0.2) is 0 Å². The van der Waals surface area contributed by atoms with Crippen molar-refractivity contribution in [3.8, 4) is 11.3 Å². The van der Waals surface area contributed by atoms with E-state index < -0.39 is 11.9 Å². The molecular weight excluding hydrogens is 311 g/mol. The summed E-state index contributed by atoms with van der Waals surface area (Å²) >= 11 is 0. The van der Waals surface area contributed by atoms with E-state index in [-0.39, 0.29) is 0 Å². The Labute approximate surface area is 135 Å². The summed E-state index contributed by atoms with van der Waals surface area (Å²) in [7, 11) is 0. The highest BCUT2D eigenvalue weighted by atomic mass is 19.1. The fraction of sp³-hybridized carbons (Fsp3) is 0.188. The fourth-order valence-corrected chi connectivity index (χ4v) is 2.81. The average molecular weight is 326 g/mol. The van der Waals surface area contributed by atoms with Crippen molar-refractivity contribution in [3.05, 3.63) is 36.4 Å². The first-order valence-electron chi connectivity index (χ1n) is 7.47. The lowest BCUT2D eigenvalue weighted by Gasteiger charge is -2.05. The van der Waals surface area contributed by atoms with Crippen LogP contribution in [0.2, 0.25) is 0 Å². The van der Waals surface area contributed by atoms with Crippen LogP contribution in [-0.2, 0) is 6.54 Å². The summed E-state index contributed by atoms with van der Waals surface area (Å²) in [4.78, 5) is 4.37. The Morgan fingerprint density at radius 3 is 2.92 bits per heavy atom. The summed E-state index contributed by atoms with van der Waals surface area (Å²) < 4.78 is 16.1. The first-order chi connectivity index (χ1) is 11.5. The molecule has 0 bridgehead atoms. The first-order valence-corrected chi connectivity index (χ1v) is 7.47. The number of pyridine rings is 1. The van der Waals surface area contributed by atoms with Crippen LogP contribution < -0.4 is 5.73 Å². The Bertz CT molecular complexity index is 1040. The second-order valence-corrected chi connectivity index (χ2v) is 5.77. The minimum Gasteiger partial charge on any atom is -0.391 e. The number of fused-ring (bicyclic) bond motifs is 3. The van der Waals surface area contributed by atoms with Gasteiger partial charge in [-0.15, -0.1) is 0 Å². The molecule has 0 fully saturated rings. The summed E-state index contributed by atoms with van der Waals surface area (Å²) in [5.74, 6) is -0.0959. The van der Waals surface area contributed by atoms with E-state index in [1.165, 1.54) is 6.07 Å². The van der Waals surface area contributed by atoms with Gasteiger partial charge in [0.25, 0.3) is 0 Å². The number of halogens is 1. The first kappa shape index (κ1) is 14.6. The molecule has 7 nitrogen and oxygen atoms in total. The van der Waals surface area contributed by atoms with Gasteiger partial charge in [-0.2, -0.15) is 10.2 Å². The molecular formula is C16H15FN6O. The molecule has 0 aliphatic rings. The van der Waals surface area contributed by atoms with Gasteiger partial charge in [-0.25, -0.2) is 9.37 Å². The maximum absolute atomic E-state index is 14.5. The van der Waals surface area contributed by atoms with E-state index in [1.807, 2.05) is 0 Å². The number of aromatic amines is 1. The number of hydrogen-bond donors (Lipinski definition) is 3. The zero-order valence-corrected chi connectivity index (χ0v) is 12.9. The average Bonchev–Trinajstić information content (AvgIpc) is 3.16. The number of H-pyrrole nitrogens is 1. The molecule has 8 heteroatoms. The van der Waals surface area contributed by atoms with Gasteiger partial charge >= 0.3 is 0 Å². The van der Waals surface area contributed by atoms with Crippen LogP contribution >= 0.6 is 0 Å². The molecule has 0 spiro atoms. The number of aliphatic hydroxyl groups is 1. The third kappa shape index (κ3) is 2.28. The minimum absolute atomic E-state index is 0.314. The topological polar surface area (TPSA) is 106 Å². The Morgan fingerprint density at radius 2 is 2.21 bits per heavy atom. The van der Waals surface area contributed by atoms with Crippen molar-refractivity contribution in [3.63, 3.8) is 0 Å². The van der Waals surface area contributed by atoms with Gasteiger partial charge in [0.2, 0.25) is 0 Å². The van der Waals surface area contributed by atoms with Crippen molar-refractivity contribution in [2.24, 2.45) is 0 Å². The highest BCUT2D eigenvalue weighted by molar-refractivity contribution is 6.08. The van der Waals surface area contributed by atoms with Crippen molar-refractivity contribution < 1.29 is 9.50 Å². The maximum atomic E-state index is 14.5. The van der Waals surface area contributed by atoms with E-state index in [0.29, 0.717) is 45.4 Å². The quantitative estimate of drug-likeness (QED) is 0.534. The largest absolute Gasteiger partial charge is 0.391 e. The zero-order chi connectivity index (χ0) is 16.8. The maximum Gasteiger partial charge on any atom is 0.135 e. The molecule has 3 heterocycles. The molecule has 1 aromatic carbocycles. The predicted octanol–water partition coefficient (Wildman–Crippen LogP) is 2.08. The molecule has 1 atom stereocenters. The highest BCUT2D eigenvalue weighted by Crippen LogP contribution is 2.31. The lowest BCUT2D eigenvalue weighted by atomic mass is 10.1. The Hall–Kier alpha value is -3.00. The van der Waals surface area contributed by atoms with Crippen molar-refractivity contribution in [1.29, 1.82) is 0 Å². The second kappa shape index (κ2) is 5.27. The second-order valence-electron chi connectivity index (χ2n) is 5.77. The summed E-state index contributed by atoms with van der Waals surface area (Å²) in [6, 6.07) is 4.70. The van der Waals surface area contributed by atoms with Crippen LogP contribution in [-0.4, -0.2) is 36.2 Å². The third-order valence-corrected chi connectivity index (χ3v) is 3.85. The van der Waals surface area contributed by atoms with Crippen LogP contribution in [0.15, 0.2) is 30.6 Å². The predicted molar refractivity (Wildman–Crippen MR) is 88.7 cm³/mol. The Kier molecular flexibility index (Phi) is 3.20. The molecule has 0 saturated heterocycles. The van der Waals surface area contributed by atoms with Crippen LogP contribution in [0.25, 0.3) is 33.1 Å². The monoisotopic (exact) mass is 326 g/mol. The molecule has 4 rings (SSSR count). The normalized spacial score (nSPS) is 13.0. The number of anilines is 1. The number of benzene rings is 1. The fourth-order valence-electron chi connectivity index (χ4n) is 2.81. The number of nitrogens with zero attached hydrogens (tertiary/aromatic N) is 4. The highest BCUT2D eigenvalue weighted by Gasteiger charge is 2.16. The van der Waals surface area contributed by atoms with Crippen LogP contribution in [0.4, 0.5) is 10.2 Å². The zero-order valence-electron chi connectivity index (χ0n) is 12.9. The molecule has 0 radical (unpaired) electrons. The molecule has 0 amide bonds. The van der Waals surface area contributed by atoms with E-state index >= 15 is 0 Å². The van der Waals surface area contributed by atoms with Crippen molar-refractivity contribution in [1.82, 2.24) is 25.0 Å². The molecule has 122 valence electrons. The number of hydrogen-bond acceptors (Lipinski definition) is 5. The van der Waals surface area contributed by atoms with E-state index in [0.717, 1.165) is 0 Å². The molecule has 0 aliphatic carbocycles. The molecule has 0 aliphatic heterocycles. The smallest absolute Gasteiger partial charge is 0.135 e. The SMILES string of the molecule is C[C@H](O)Cn1cc2c(N)nc3cc(-c4cc[nH]n4)c(F)cc3c2n1. The number of rotatable bonds is 3. The third-order valence-electron chi connectivity index (χ3n) is 3.85. The lowest BCUT2D eigenvalue weighted by molar-refractivity contribution is 0.169. The van der Waals surface area contributed by atoms with Crippen LogP contribution in [0.3, 0.4) is 0 Å². The Balaban J connectivity index is 1.98. The molecule has 4 N–H and O–H groups in total. The Morgan fingerprint density at radius 1 is 1.38 bits per heavy atom. The molecule has 24 heavy (non-hydrogen) atoms. The van der Waals surface area contributed by atoms with Crippen molar-refractivity contribution in [2.45, 2.75) is 19.6 Å². The van der Waals surface area contributed by atoms with Crippen LogP contribution in [0, 0.1) is 5.82 Å². The molecule has 4 aromatic rings. The summed E-state index contributed by atoms with van der Waals surface area (Å²) in [6.45, 7) is 1.99. The van der Waals surface area contributed by atoms with E-state index in [1.54, 1.807) is 36.1 Å². The summed E-state index contributed by atoms with van der Waals surface area (Å²) in [5, 5.41) is 21.8.